The zero-order chi connectivity index (χ0) is 16.1. The smallest absolute Gasteiger partial charge is 0.257 e. The molecule has 0 aliphatic carbocycles. The predicted molar refractivity (Wildman–Crippen MR) is 84.5 cm³/mol. The summed E-state index contributed by atoms with van der Waals surface area (Å²) in [6, 6.07) is 14.1. The Bertz CT molecular complexity index is 718. The van der Waals surface area contributed by atoms with E-state index in [0.29, 0.717) is 21.8 Å². The van der Waals surface area contributed by atoms with Gasteiger partial charge in [0.05, 0.1) is 6.10 Å². The Morgan fingerprint density at radius 2 is 1.91 bits per heavy atom. The van der Waals surface area contributed by atoms with Crippen LogP contribution in [0, 0.1) is 6.07 Å². The maximum Gasteiger partial charge on any atom is 0.257 e. The first-order valence-electron chi connectivity index (χ1n) is 6.35. The van der Waals surface area contributed by atoms with Crippen LogP contribution in [0.3, 0.4) is 0 Å². The summed E-state index contributed by atoms with van der Waals surface area (Å²) < 4.78 is 25.7. The molecule has 2 rings (SSSR count). The number of rotatable bonds is 5. The fourth-order valence-electron chi connectivity index (χ4n) is 1.78. The normalized spacial score (nSPS) is 12.1. The third-order valence-electron chi connectivity index (χ3n) is 2.92. The molecule has 5 nitrogen and oxygen atoms in total. The van der Waals surface area contributed by atoms with E-state index >= 15 is 0 Å². The number of thiol groups is 1. The van der Waals surface area contributed by atoms with E-state index in [0.717, 1.165) is 0 Å². The van der Waals surface area contributed by atoms with E-state index < -0.39 is 17.1 Å². The van der Waals surface area contributed by atoms with Crippen molar-refractivity contribution in [3.8, 4) is 0 Å². The third kappa shape index (κ3) is 4.56. The molecule has 1 unspecified atom stereocenters. The quantitative estimate of drug-likeness (QED) is 0.822. The first-order valence-corrected chi connectivity index (χ1v) is 7.83. The van der Waals surface area contributed by atoms with E-state index in [1.807, 2.05) is 0 Å². The number of benzene rings is 2. The Kier molecular flexibility index (Phi) is 5.54. The van der Waals surface area contributed by atoms with E-state index in [-0.39, 0.29) is 5.91 Å². The lowest BCUT2D eigenvalue weighted by atomic mass is 10.1. The molecule has 2 aromatic carbocycles. The number of halogens is 1. The number of carbonyl (C=O) groups excluding carboxylic acids is 1. The molecule has 1 N–H and O–H groups in total. The lowest BCUT2D eigenvalue weighted by Crippen LogP contribution is -2.12. The van der Waals surface area contributed by atoms with Crippen LogP contribution in [0.4, 0.5) is 5.69 Å². The highest BCUT2D eigenvalue weighted by Gasteiger charge is 2.10. The molecule has 2 aromatic rings. The number of anilines is 1. The minimum atomic E-state index is -2.91. The van der Waals surface area contributed by atoms with E-state index in [4.69, 9.17) is 11.6 Å². The van der Waals surface area contributed by atoms with Gasteiger partial charge in [0.25, 0.3) is 16.9 Å². The van der Waals surface area contributed by atoms with Crippen LogP contribution in [-0.4, -0.2) is 14.3 Å². The molecule has 0 aromatic heterocycles. The number of hydrogen-bond donors (Lipinski definition) is 2. The molecule has 0 spiro atoms. The summed E-state index contributed by atoms with van der Waals surface area (Å²) >= 11 is 5.72. The standard InChI is InChI=1S/C15H13ClNO4S/c1-10(21-22(19)20)11-2-4-12(5-3-11)15(18)17-14-8-6-13(16)7-9-14/h2-6,8-10,22H,1H3,(H,17,18). The largest absolute Gasteiger partial charge is 0.322 e. The molecule has 1 amide bonds. The molecule has 0 saturated heterocycles. The Labute approximate surface area is 135 Å². The van der Waals surface area contributed by atoms with Crippen molar-refractivity contribution in [1.29, 1.82) is 0 Å². The molecule has 0 saturated carbocycles. The maximum atomic E-state index is 12.1. The minimum Gasteiger partial charge on any atom is -0.322 e. The zero-order valence-corrected chi connectivity index (χ0v) is 13.2. The van der Waals surface area contributed by atoms with Crippen molar-refractivity contribution in [2.24, 2.45) is 0 Å². The summed E-state index contributed by atoms with van der Waals surface area (Å²) in [5.41, 5.74) is 1.69. The summed E-state index contributed by atoms with van der Waals surface area (Å²) in [7, 11) is -2.91. The summed E-state index contributed by atoms with van der Waals surface area (Å²) in [5.74, 6) is -0.286. The van der Waals surface area contributed by atoms with Crippen molar-refractivity contribution in [2.45, 2.75) is 13.0 Å². The van der Waals surface area contributed by atoms with Crippen LogP contribution < -0.4 is 5.32 Å². The highest BCUT2D eigenvalue weighted by atomic mass is 35.5. The summed E-state index contributed by atoms with van der Waals surface area (Å²) in [6.07, 6.45) is -0.593. The first kappa shape index (κ1) is 16.5. The van der Waals surface area contributed by atoms with Gasteiger partial charge in [-0.2, -0.15) is 0 Å². The average Bonchev–Trinajstić information content (AvgIpc) is 2.49. The van der Waals surface area contributed by atoms with Gasteiger partial charge in [-0.25, -0.2) is 8.42 Å². The molecule has 0 bridgehead atoms. The molecule has 1 atom stereocenters. The van der Waals surface area contributed by atoms with E-state index in [9.17, 15) is 13.2 Å². The third-order valence-corrected chi connectivity index (χ3v) is 3.64. The number of amides is 1. The molecular formula is C15H13ClNO4S. The van der Waals surface area contributed by atoms with Crippen molar-refractivity contribution in [3.63, 3.8) is 0 Å². The number of hydrogen-bond acceptors (Lipinski definition) is 4. The lowest BCUT2D eigenvalue weighted by Gasteiger charge is -2.10. The molecule has 0 heterocycles. The van der Waals surface area contributed by atoms with Crippen LogP contribution in [0.1, 0.15) is 28.9 Å². The Morgan fingerprint density at radius 1 is 1.23 bits per heavy atom. The van der Waals surface area contributed by atoms with Crippen LogP contribution in [0.2, 0.25) is 5.02 Å². The first-order chi connectivity index (χ1) is 10.5. The van der Waals surface area contributed by atoms with Gasteiger partial charge in [0, 0.05) is 22.3 Å². The molecule has 22 heavy (non-hydrogen) atoms. The van der Waals surface area contributed by atoms with Gasteiger partial charge in [-0.05, 0) is 42.8 Å². The second-order valence-corrected chi connectivity index (χ2v) is 5.54. The fourth-order valence-corrected chi connectivity index (χ4v) is 2.28. The molecule has 7 heteroatoms. The molecule has 0 aliphatic heterocycles. The van der Waals surface area contributed by atoms with Crippen LogP contribution in [0.15, 0.2) is 42.5 Å². The van der Waals surface area contributed by atoms with Crippen LogP contribution >= 0.6 is 11.6 Å². The maximum absolute atomic E-state index is 12.1. The highest BCUT2D eigenvalue weighted by Crippen LogP contribution is 2.18. The average molecular weight is 339 g/mol. The van der Waals surface area contributed by atoms with Gasteiger partial charge in [0.2, 0.25) is 0 Å². The van der Waals surface area contributed by atoms with Crippen LogP contribution in [0.25, 0.3) is 0 Å². The summed E-state index contributed by atoms with van der Waals surface area (Å²) in [4.78, 5) is 12.1. The van der Waals surface area contributed by atoms with Crippen LogP contribution in [0.5, 0.6) is 0 Å². The minimum absolute atomic E-state index is 0.286. The van der Waals surface area contributed by atoms with Gasteiger partial charge in [-0.1, -0.05) is 23.7 Å². The Hall–Kier alpha value is -1.89. The van der Waals surface area contributed by atoms with E-state index in [1.165, 1.54) is 0 Å². The monoisotopic (exact) mass is 338 g/mol. The highest BCUT2D eigenvalue weighted by molar-refractivity contribution is 7.67. The van der Waals surface area contributed by atoms with Crippen LogP contribution in [-0.2, 0) is 15.2 Å². The van der Waals surface area contributed by atoms with Gasteiger partial charge in [-0.3, -0.25) is 8.98 Å². The van der Waals surface area contributed by atoms with E-state index in [1.54, 1.807) is 49.4 Å². The molecule has 0 aliphatic rings. The molecular weight excluding hydrogens is 326 g/mol. The van der Waals surface area contributed by atoms with Crippen molar-refractivity contribution in [3.05, 3.63) is 64.7 Å². The van der Waals surface area contributed by atoms with Gasteiger partial charge in [0.15, 0.2) is 0 Å². The molecule has 115 valence electrons. The second-order valence-electron chi connectivity index (χ2n) is 4.47. The molecule has 1 radical (unpaired) electrons. The molecule has 0 fully saturated rings. The SMILES string of the molecule is CC(O[SH](=O)=O)c1ccc(C(=O)Nc2c[c]c(Cl)cc2)cc1. The summed E-state index contributed by atoms with van der Waals surface area (Å²) in [6.45, 7) is 1.61. The van der Waals surface area contributed by atoms with Crippen molar-refractivity contribution >= 4 is 34.2 Å². The fraction of sp³-hybridized carbons (Fsp3) is 0.133. The lowest BCUT2D eigenvalue weighted by molar-refractivity contribution is 0.102. The van der Waals surface area contributed by atoms with Gasteiger partial charge < -0.3 is 5.32 Å². The zero-order valence-electron chi connectivity index (χ0n) is 11.6. The Morgan fingerprint density at radius 3 is 2.45 bits per heavy atom. The van der Waals surface area contributed by atoms with Crippen molar-refractivity contribution in [1.82, 2.24) is 0 Å². The van der Waals surface area contributed by atoms with Crippen molar-refractivity contribution < 1.29 is 17.4 Å². The second kappa shape index (κ2) is 7.40. The topological polar surface area (TPSA) is 72.5 Å². The van der Waals surface area contributed by atoms with Gasteiger partial charge in [-0.15, -0.1) is 0 Å². The van der Waals surface area contributed by atoms with Gasteiger partial charge in [0.1, 0.15) is 0 Å². The number of nitrogens with one attached hydrogen (secondary N) is 1. The summed E-state index contributed by atoms with van der Waals surface area (Å²) in [5, 5.41) is 3.18. The van der Waals surface area contributed by atoms with E-state index in [2.05, 4.69) is 15.6 Å². The van der Waals surface area contributed by atoms with Crippen molar-refractivity contribution in [2.75, 3.05) is 5.32 Å². The predicted octanol–water partition coefficient (Wildman–Crippen LogP) is 3.00. The van der Waals surface area contributed by atoms with Gasteiger partial charge >= 0.3 is 0 Å². The Balaban J connectivity index is 2.06. The number of carbonyl (C=O) groups is 1.